The summed E-state index contributed by atoms with van der Waals surface area (Å²) in [6.07, 6.45) is 4.46. The van der Waals surface area contributed by atoms with Crippen molar-refractivity contribution in [3.63, 3.8) is 0 Å². The van der Waals surface area contributed by atoms with E-state index in [4.69, 9.17) is 14.2 Å². The van der Waals surface area contributed by atoms with Crippen molar-refractivity contribution in [1.82, 2.24) is 29.8 Å². The van der Waals surface area contributed by atoms with Gasteiger partial charge in [0.05, 0.1) is 25.7 Å². The molecular weight excluding hydrogens is 700 g/mol. The van der Waals surface area contributed by atoms with Crippen LogP contribution in [0.15, 0.2) is 0 Å². The summed E-state index contributed by atoms with van der Waals surface area (Å²) in [5.41, 5.74) is 0.709. The van der Waals surface area contributed by atoms with Crippen LogP contribution >= 0.6 is 0 Å². The Kier molecular flexibility index (Phi) is 13.0. The number of carbonyl (C=O) groups excluding carboxylic acids is 4. The molecule has 0 radical (unpaired) electrons. The second kappa shape index (κ2) is 17.1. The summed E-state index contributed by atoms with van der Waals surface area (Å²) in [5.74, 6) is 3.08. The lowest BCUT2D eigenvalue weighted by Crippen LogP contribution is -2.67. The maximum absolute atomic E-state index is 12.7. The number of ether oxygens (including phenoxy) is 3. The van der Waals surface area contributed by atoms with Gasteiger partial charge in [-0.15, -0.1) is 0 Å². The smallest absolute Gasteiger partial charge is 0.409 e. The summed E-state index contributed by atoms with van der Waals surface area (Å²) in [6.45, 7) is 29.3. The minimum absolute atomic E-state index is 0.0105. The summed E-state index contributed by atoms with van der Waals surface area (Å²) in [5, 5.41) is 3.21. The second-order valence-electron chi connectivity index (χ2n) is 18.5. The first-order chi connectivity index (χ1) is 26.2. The Morgan fingerprint density at radius 1 is 0.636 bits per heavy atom. The number of amides is 3. The summed E-state index contributed by atoms with van der Waals surface area (Å²) < 4.78 is 15.3. The van der Waals surface area contributed by atoms with E-state index in [1.165, 1.54) is 25.7 Å². The number of piperidine rings is 2. The Bertz CT molecular complexity index is 1340. The quantitative estimate of drug-likeness (QED) is 0.239. The van der Waals surface area contributed by atoms with Crippen LogP contribution in [-0.2, 0) is 23.8 Å². The molecule has 1 N–H and O–H groups in total. The van der Waals surface area contributed by atoms with Gasteiger partial charge in [0.25, 0.3) is 0 Å². The van der Waals surface area contributed by atoms with Crippen LogP contribution in [0.5, 0.6) is 0 Å². The van der Waals surface area contributed by atoms with Gasteiger partial charge in [-0.2, -0.15) is 0 Å². The molecular formula is C42H72N6O7. The van der Waals surface area contributed by atoms with Crippen molar-refractivity contribution in [3.05, 3.63) is 0 Å². The molecule has 2 spiro atoms. The Morgan fingerprint density at radius 2 is 1.04 bits per heavy atom. The summed E-state index contributed by atoms with van der Waals surface area (Å²) >= 11 is 0. The van der Waals surface area contributed by atoms with E-state index in [2.05, 4.69) is 56.7 Å². The standard InChI is InChI=1S/C20H33N3O3.C17H26N2O4.C5H13N/c1-5-23(13(3)4)18(24)17-15-9-21(10-16(15)17)14-7-20(8-14)11-22(12-20)19(25)26-6-2;1-3-22-15(20)14-12-7-18(8-13(12)14)11-5-17(6-11)9-19(10-17)16(21)23-4-2;1-4-6-5(2)3/h13-17H,5-12H2,1-4H3;11-14H,3-10H2,1-2H3;5-6H,4H2,1-3H3/t15-,16+,17?;12-,13+,14?;. The first-order valence-electron chi connectivity index (χ1n) is 21.7. The van der Waals surface area contributed by atoms with Crippen molar-refractivity contribution >= 4 is 24.1 Å². The van der Waals surface area contributed by atoms with E-state index in [0.717, 1.165) is 65.4 Å². The van der Waals surface area contributed by atoms with E-state index in [9.17, 15) is 19.2 Å². The van der Waals surface area contributed by atoms with Crippen LogP contribution < -0.4 is 5.32 Å². The molecule has 4 saturated heterocycles. The molecule has 0 bridgehead atoms. The number of hydrogen-bond donors (Lipinski definition) is 1. The zero-order valence-corrected chi connectivity index (χ0v) is 35.4. The average Bonchev–Trinajstić information content (AvgIpc) is 3.78. The number of nitrogens with zero attached hydrogens (tertiary/aromatic N) is 5. The van der Waals surface area contributed by atoms with Gasteiger partial charge in [-0.3, -0.25) is 19.4 Å². The van der Waals surface area contributed by atoms with Gasteiger partial charge in [0.1, 0.15) is 0 Å². The fourth-order valence-electron chi connectivity index (χ4n) is 11.2. The van der Waals surface area contributed by atoms with Gasteiger partial charge in [-0.1, -0.05) is 20.8 Å². The number of esters is 1. The van der Waals surface area contributed by atoms with Crippen molar-refractivity contribution in [2.75, 3.05) is 85.3 Å². The largest absolute Gasteiger partial charge is 0.466 e. The number of likely N-dealkylation sites (tertiary alicyclic amines) is 4. The Morgan fingerprint density at radius 3 is 1.35 bits per heavy atom. The zero-order valence-electron chi connectivity index (χ0n) is 35.4. The highest BCUT2D eigenvalue weighted by Crippen LogP contribution is 2.59. The average molecular weight is 773 g/mol. The van der Waals surface area contributed by atoms with Crippen molar-refractivity contribution in [2.45, 2.75) is 112 Å². The van der Waals surface area contributed by atoms with Gasteiger partial charge in [0.2, 0.25) is 5.91 Å². The van der Waals surface area contributed by atoms with Gasteiger partial charge >= 0.3 is 18.2 Å². The van der Waals surface area contributed by atoms with E-state index in [-0.39, 0.29) is 30.0 Å². The first kappa shape index (κ1) is 42.0. The highest BCUT2D eigenvalue weighted by Gasteiger charge is 2.65. The van der Waals surface area contributed by atoms with E-state index >= 15 is 0 Å². The molecule has 4 saturated carbocycles. The zero-order chi connectivity index (χ0) is 39.8. The minimum atomic E-state index is -0.165. The normalized spacial score (nSPS) is 30.7. The Labute approximate surface area is 330 Å². The molecule has 0 aromatic rings. The van der Waals surface area contributed by atoms with Gasteiger partial charge in [-0.25, -0.2) is 9.59 Å². The number of hydrogen-bond acceptors (Lipinski definition) is 10. The monoisotopic (exact) mass is 773 g/mol. The lowest BCUT2D eigenvalue weighted by Gasteiger charge is -2.60. The van der Waals surface area contributed by atoms with E-state index in [1.807, 2.05) is 35.5 Å². The molecule has 13 heteroatoms. The highest BCUT2D eigenvalue weighted by atomic mass is 16.6. The Hall–Kier alpha value is -2.64. The molecule has 312 valence electrons. The molecule has 4 aliphatic carbocycles. The SMILES string of the molecule is CCNC(C)C.CCOC(=O)C1[C@H]2CN(C3CC4(C3)CN(C(=O)OCC)C4)C[C@@H]12.CCOC(=O)N1CC2(CC(N3C[C@@H]4C(C(=O)N(CC)C(C)C)[C@@H]4C3)C2)C1. The minimum Gasteiger partial charge on any atom is -0.466 e. The summed E-state index contributed by atoms with van der Waals surface area (Å²) in [4.78, 5) is 58.7. The lowest BCUT2D eigenvalue weighted by atomic mass is 9.60. The number of rotatable bonds is 11. The van der Waals surface area contributed by atoms with Crippen LogP contribution in [0.4, 0.5) is 9.59 Å². The van der Waals surface area contributed by atoms with Crippen LogP contribution in [0.1, 0.15) is 88.0 Å². The molecule has 6 atom stereocenters. The third-order valence-corrected chi connectivity index (χ3v) is 14.0. The molecule has 8 fully saturated rings. The lowest BCUT2D eigenvalue weighted by molar-refractivity contribution is -0.146. The van der Waals surface area contributed by atoms with Crippen molar-refractivity contribution in [2.24, 2.45) is 46.3 Å². The van der Waals surface area contributed by atoms with E-state index in [0.29, 0.717) is 84.4 Å². The predicted octanol–water partition coefficient (Wildman–Crippen LogP) is 4.39. The molecule has 55 heavy (non-hydrogen) atoms. The third kappa shape index (κ3) is 8.78. The predicted molar refractivity (Wildman–Crippen MR) is 210 cm³/mol. The van der Waals surface area contributed by atoms with Gasteiger partial charge in [0, 0.05) is 99.8 Å². The van der Waals surface area contributed by atoms with Gasteiger partial charge in [0.15, 0.2) is 0 Å². The fraction of sp³-hybridized carbons (Fsp3) is 0.905. The topological polar surface area (TPSA) is 124 Å². The van der Waals surface area contributed by atoms with Crippen LogP contribution in [0.3, 0.4) is 0 Å². The van der Waals surface area contributed by atoms with Crippen molar-refractivity contribution < 1.29 is 33.4 Å². The molecule has 2 unspecified atom stereocenters. The molecule has 8 rings (SSSR count). The molecule has 3 amide bonds. The maximum Gasteiger partial charge on any atom is 0.409 e. The van der Waals surface area contributed by atoms with Crippen molar-refractivity contribution in [1.29, 1.82) is 0 Å². The van der Waals surface area contributed by atoms with Gasteiger partial charge in [-0.05, 0) is 97.4 Å². The van der Waals surface area contributed by atoms with Crippen molar-refractivity contribution in [3.8, 4) is 0 Å². The van der Waals surface area contributed by atoms with Crippen LogP contribution in [0.25, 0.3) is 0 Å². The molecule has 13 nitrogen and oxygen atoms in total. The van der Waals surface area contributed by atoms with E-state index in [1.54, 1.807) is 0 Å². The molecule has 4 heterocycles. The Balaban J connectivity index is 0.000000164. The second-order valence-corrected chi connectivity index (χ2v) is 18.5. The number of nitrogens with one attached hydrogen (secondary N) is 1. The molecule has 8 aliphatic rings. The van der Waals surface area contributed by atoms with Crippen LogP contribution in [0, 0.1) is 46.3 Å². The maximum atomic E-state index is 12.7. The van der Waals surface area contributed by atoms with E-state index < -0.39 is 0 Å². The summed E-state index contributed by atoms with van der Waals surface area (Å²) in [7, 11) is 0. The molecule has 0 aromatic heterocycles. The van der Waals surface area contributed by atoms with Gasteiger partial charge < -0.3 is 34.2 Å². The van der Waals surface area contributed by atoms with Crippen LogP contribution in [0.2, 0.25) is 0 Å². The van der Waals surface area contributed by atoms with Crippen LogP contribution in [-0.4, -0.2) is 158 Å². The fourth-order valence-corrected chi connectivity index (χ4v) is 11.2. The number of fused-ring (bicyclic) bond motifs is 2. The third-order valence-electron chi connectivity index (χ3n) is 14.0. The highest BCUT2D eigenvalue weighted by molar-refractivity contribution is 5.83. The summed E-state index contributed by atoms with van der Waals surface area (Å²) in [6, 6.07) is 2.26. The number of carbonyl (C=O) groups is 4. The molecule has 0 aromatic carbocycles. The molecule has 4 aliphatic heterocycles. The first-order valence-corrected chi connectivity index (χ1v) is 21.7.